The molecule has 0 aliphatic heterocycles. The molecule has 3 aromatic carbocycles. The van der Waals surface area contributed by atoms with Gasteiger partial charge in [0.15, 0.2) is 5.75 Å². The lowest BCUT2D eigenvalue weighted by Crippen LogP contribution is -2.28. The smallest absolute Gasteiger partial charge is 0.150 e. The van der Waals surface area contributed by atoms with Crippen molar-refractivity contribution in [2.24, 2.45) is 0 Å². The lowest BCUT2D eigenvalue weighted by Gasteiger charge is -2.25. The van der Waals surface area contributed by atoms with Gasteiger partial charge in [-0.05, 0) is 49.4 Å². The van der Waals surface area contributed by atoms with Gasteiger partial charge in [-0.1, -0.05) is 48.0 Å². The van der Waals surface area contributed by atoms with Crippen LogP contribution < -0.4 is 14.4 Å². The van der Waals surface area contributed by atoms with Gasteiger partial charge < -0.3 is 14.4 Å². The monoisotopic (exact) mass is 367 g/mol. The molecule has 0 heterocycles. The number of hydrogen-bond acceptors (Lipinski definition) is 3. The summed E-state index contributed by atoms with van der Waals surface area (Å²) in [5.41, 5.74) is 0.959. The molecule has 0 aliphatic rings. The first-order chi connectivity index (χ1) is 12.8. The van der Waals surface area contributed by atoms with Gasteiger partial charge in [0.1, 0.15) is 18.1 Å². The second-order valence-electron chi connectivity index (χ2n) is 5.77. The fourth-order valence-corrected chi connectivity index (χ4v) is 2.85. The summed E-state index contributed by atoms with van der Waals surface area (Å²) in [7, 11) is 0. The third kappa shape index (κ3) is 4.93. The SMILES string of the molecule is CCN(CCOc1ccccc1)c1cc(Cl)ccc1Oc1ccccc1. The van der Waals surface area contributed by atoms with Gasteiger partial charge in [-0.25, -0.2) is 0 Å². The molecule has 0 radical (unpaired) electrons. The van der Waals surface area contributed by atoms with Crippen LogP contribution >= 0.6 is 11.6 Å². The molecule has 0 fully saturated rings. The largest absolute Gasteiger partial charge is 0.492 e. The molecule has 0 atom stereocenters. The Bertz CT molecular complexity index is 809. The van der Waals surface area contributed by atoms with Gasteiger partial charge in [0, 0.05) is 11.6 Å². The highest BCUT2D eigenvalue weighted by molar-refractivity contribution is 6.30. The van der Waals surface area contributed by atoms with E-state index in [1.165, 1.54) is 0 Å². The summed E-state index contributed by atoms with van der Waals surface area (Å²) in [4.78, 5) is 2.20. The Hall–Kier alpha value is -2.65. The fourth-order valence-electron chi connectivity index (χ4n) is 2.68. The van der Waals surface area contributed by atoms with E-state index in [1.807, 2.05) is 78.9 Å². The molecule has 3 rings (SSSR count). The molecule has 3 aromatic rings. The molecule has 0 amide bonds. The van der Waals surface area contributed by atoms with Crippen molar-refractivity contribution in [3.8, 4) is 17.2 Å². The summed E-state index contributed by atoms with van der Waals surface area (Å²) in [5, 5.41) is 0.683. The Labute approximate surface area is 159 Å². The Balaban J connectivity index is 1.73. The standard InChI is InChI=1S/C22H22ClNO2/c1-2-24(15-16-25-19-9-5-3-6-10-19)21-17-18(23)13-14-22(21)26-20-11-7-4-8-12-20/h3-14,17H,2,15-16H2,1H3. The number of nitrogens with zero attached hydrogens (tertiary/aromatic N) is 1. The summed E-state index contributed by atoms with van der Waals surface area (Å²) >= 11 is 6.24. The van der Waals surface area contributed by atoms with Crippen molar-refractivity contribution in [1.29, 1.82) is 0 Å². The summed E-state index contributed by atoms with van der Waals surface area (Å²) in [5.74, 6) is 2.45. The van der Waals surface area contributed by atoms with Crippen molar-refractivity contribution in [2.75, 3.05) is 24.6 Å². The first kappa shape index (κ1) is 18.2. The van der Waals surface area contributed by atoms with Gasteiger partial charge in [-0.2, -0.15) is 0 Å². The van der Waals surface area contributed by atoms with Crippen molar-refractivity contribution in [1.82, 2.24) is 0 Å². The zero-order chi connectivity index (χ0) is 18.2. The van der Waals surface area contributed by atoms with Crippen LogP contribution in [0.5, 0.6) is 17.2 Å². The van der Waals surface area contributed by atoms with E-state index in [2.05, 4.69) is 11.8 Å². The van der Waals surface area contributed by atoms with E-state index in [4.69, 9.17) is 21.1 Å². The zero-order valence-electron chi connectivity index (χ0n) is 14.8. The molecular formula is C22H22ClNO2. The second kappa shape index (κ2) is 9.16. The lowest BCUT2D eigenvalue weighted by molar-refractivity contribution is 0.324. The lowest BCUT2D eigenvalue weighted by atomic mass is 10.2. The highest BCUT2D eigenvalue weighted by atomic mass is 35.5. The van der Waals surface area contributed by atoms with Crippen molar-refractivity contribution >= 4 is 17.3 Å². The maximum atomic E-state index is 6.24. The predicted molar refractivity (Wildman–Crippen MR) is 108 cm³/mol. The highest BCUT2D eigenvalue weighted by Gasteiger charge is 2.13. The van der Waals surface area contributed by atoms with Gasteiger partial charge in [0.05, 0.1) is 12.2 Å². The minimum atomic E-state index is 0.579. The average molecular weight is 368 g/mol. The molecule has 0 N–H and O–H groups in total. The second-order valence-corrected chi connectivity index (χ2v) is 6.20. The van der Waals surface area contributed by atoms with Crippen LogP contribution in [0.25, 0.3) is 0 Å². The third-order valence-corrected chi connectivity index (χ3v) is 4.22. The number of likely N-dealkylation sites (N-methyl/N-ethyl adjacent to an activating group) is 1. The first-order valence-corrected chi connectivity index (χ1v) is 9.09. The normalized spacial score (nSPS) is 10.4. The van der Waals surface area contributed by atoms with Gasteiger partial charge in [0.25, 0.3) is 0 Å². The van der Waals surface area contributed by atoms with Gasteiger partial charge in [0.2, 0.25) is 0 Å². The van der Waals surface area contributed by atoms with E-state index in [0.717, 1.165) is 36.0 Å². The van der Waals surface area contributed by atoms with Gasteiger partial charge in [-0.3, -0.25) is 0 Å². The summed E-state index contributed by atoms with van der Waals surface area (Å²) < 4.78 is 11.9. The summed E-state index contributed by atoms with van der Waals surface area (Å²) in [6.45, 7) is 4.24. The van der Waals surface area contributed by atoms with Crippen LogP contribution in [0.3, 0.4) is 0 Å². The van der Waals surface area contributed by atoms with Crippen molar-refractivity contribution < 1.29 is 9.47 Å². The van der Waals surface area contributed by atoms with Crippen LogP contribution in [0.4, 0.5) is 5.69 Å². The van der Waals surface area contributed by atoms with E-state index in [0.29, 0.717) is 11.6 Å². The van der Waals surface area contributed by atoms with Crippen LogP contribution in [-0.4, -0.2) is 19.7 Å². The molecule has 0 saturated carbocycles. The number of hydrogen-bond donors (Lipinski definition) is 0. The third-order valence-electron chi connectivity index (χ3n) is 3.99. The van der Waals surface area contributed by atoms with E-state index in [1.54, 1.807) is 0 Å². The minimum absolute atomic E-state index is 0.579. The molecule has 0 saturated heterocycles. The molecule has 0 aromatic heterocycles. The van der Waals surface area contributed by atoms with Crippen LogP contribution in [0.1, 0.15) is 6.92 Å². The fraction of sp³-hybridized carbons (Fsp3) is 0.182. The Morgan fingerprint density at radius 1 is 0.846 bits per heavy atom. The van der Waals surface area contributed by atoms with Gasteiger partial charge >= 0.3 is 0 Å². The van der Waals surface area contributed by atoms with E-state index in [9.17, 15) is 0 Å². The van der Waals surface area contributed by atoms with Crippen molar-refractivity contribution in [3.05, 3.63) is 83.9 Å². The molecule has 3 nitrogen and oxygen atoms in total. The number of benzene rings is 3. The molecular weight excluding hydrogens is 346 g/mol. The van der Waals surface area contributed by atoms with Crippen molar-refractivity contribution in [3.63, 3.8) is 0 Å². The number of rotatable bonds is 8. The Morgan fingerprint density at radius 2 is 1.50 bits per heavy atom. The molecule has 134 valence electrons. The van der Waals surface area contributed by atoms with Gasteiger partial charge in [-0.15, -0.1) is 0 Å². The van der Waals surface area contributed by atoms with Crippen LogP contribution in [0.2, 0.25) is 5.02 Å². The molecule has 0 unspecified atom stereocenters. The summed E-state index contributed by atoms with van der Waals surface area (Å²) in [6.07, 6.45) is 0. The number of halogens is 1. The van der Waals surface area contributed by atoms with Crippen LogP contribution in [0, 0.1) is 0 Å². The van der Waals surface area contributed by atoms with E-state index < -0.39 is 0 Å². The van der Waals surface area contributed by atoms with Crippen LogP contribution in [0.15, 0.2) is 78.9 Å². The molecule has 0 aliphatic carbocycles. The maximum Gasteiger partial charge on any atom is 0.150 e. The maximum absolute atomic E-state index is 6.24. The van der Waals surface area contributed by atoms with E-state index in [-0.39, 0.29) is 0 Å². The predicted octanol–water partition coefficient (Wildman–Crippen LogP) is 6.04. The molecule has 26 heavy (non-hydrogen) atoms. The Morgan fingerprint density at radius 3 is 2.15 bits per heavy atom. The first-order valence-electron chi connectivity index (χ1n) is 8.71. The number of ether oxygens (including phenoxy) is 2. The minimum Gasteiger partial charge on any atom is -0.492 e. The zero-order valence-corrected chi connectivity index (χ0v) is 15.5. The highest BCUT2D eigenvalue weighted by Crippen LogP contribution is 2.34. The Kier molecular flexibility index (Phi) is 6.39. The van der Waals surface area contributed by atoms with Crippen LogP contribution in [-0.2, 0) is 0 Å². The van der Waals surface area contributed by atoms with Crippen molar-refractivity contribution in [2.45, 2.75) is 6.92 Å². The van der Waals surface area contributed by atoms with E-state index >= 15 is 0 Å². The molecule has 0 bridgehead atoms. The average Bonchev–Trinajstić information content (AvgIpc) is 2.68. The molecule has 4 heteroatoms. The number of anilines is 1. The quantitative estimate of drug-likeness (QED) is 0.484. The summed E-state index contributed by atoms with van der Waals surface area (Å²) in [6, 6.07) is 25.3. The topological polar surface area (TPSA) is 21.7 Å². The molecule has 0 spiro atoms. The number of para-hydroxylation sites is 2.